The first-order valence-electron chi connectivity index (χ1n) is 8.97. The largest absolute Gasteiger partial charge is 0.355 e. The van der Waals surface area contributed by atoms with Crippen LogP contribution in [0.5, 0.6) is 0 Å². The van der Waals surface area contributed by atoms with Crippen LogP contribution in [0.3, 0.4) is 0 Å². The molecule has 1 aliphatic rings. The standard InChI is InChI=1S/C20H24N4O2/c25-19(16-17-6-2-1-3-7-17)22-11-9-20(26)24-14-12-23(13-15-24)18-8-4-5-10-21-18/h1-8,10H,9,11-16H2,(H,22,25). The van der Waals surface area contributed by atoms with Crippen molar-refractivity contribution in [3.05, 3.63) is 60.3 Å². The van der Waals surface area contributed by atoms with E-state index >= 15 is 0 Å². The molecule has 1 aromatic carbocycles. The van der Waals surface area contributed by atoms with E-state index in [1.54, 1.807) is 6.20 Å². The molecule has 1 aromatic heterocycles. The third-order valence-electron chi connectivity index (χ3n) is 4.47. The monoisotopic (exact) mass is 352 g/mol. The zero-order chi connectivity index (χ0) is 18.2. The molecule has 0 spiro atoms. The summed E-state index contributed by atoms with van der Waals surface area (Å²) in [6.07, 6.45) is 2.47. The highest BCUT2D eigenvalue weighted by Crippen LogP contribution is 2.12. The first kappa shape index (κ1) is 17.9. The minimum atomic E-state index is -0.0519. The SMILES string of the molecule is O=C(Cc1ccccc1)NCCC(=O)N1CCN(c2ccccn2)CC1. The van der Waals surface area contributed by atoms with Crippen molar-refractivity contribution in [2.75, 3.05) is 37.6 Å². The Morgan fingerprint density at radius 3 is 2.38 bits per heavy atom. The summed E-state index contributed by atoms with van der Waals surface area (Å²) in [7, 11) is 0. The lowest BCUT2D eigenvalue weighted by Gasteiger charge is -2.35. The zero-order valence-electron chi connectivity index (χ0n) is 14.8. The summed E-state index contributed by atoms with van der Waals surface area (Å²) in [6, 6.07) is 15.5. The van der Waals surface area contributed by atoms with Crippen LogP contribution in [0, 0.1) is 0 Å². The van der Waals surface area contributed by atoms with Gasteiger partial charge in [0.15, 0.2) is 0 Å². The average molecular weight is 352 g/mol. The molecule has 1 N–H and O–H groups in total. The molecule has 2 aromatic rings. The molecule has 26 heavy (non-hydrogen) atoms. The Balaban J connectivity index is 1.36. The maximum Gasteiger partial charge on any atom is 0.224 e. The Hall–Kier alpha value is -2.89. The van der Waals surface area contributed by atoms with E-state index in [4.69, 9.17) is 0 Å². The lowest BCUT2D eigenvalue weighted by molar-refractivity contribution is -0.131. The molecule has 136 valence electrons. The average Bonchev–Trinajstić information content (AvgIpc) is 2.69. The molecule has 3 rings (SSSR count). The van der Waals surface area contributed by atoms with Gasteiger partial charge in [-0.15, -0.1) is 0 Å². The Labute approximate surface area is 153 Å². The van der Waals surface area contributed by atoms with Gasteiger partial charge >= 0.3 is 0 Å². The Morgan fingerprint density at radius 2 is 1.69 bits per heavy atom. The highest BCUT2D eigenvalue weighted by molar-refractivity contribution is 5.80. The van der Waals surface area contributed by atoms with Crippen molar-refractivity contribution in [2.24, 2.45) is 0 Å². The van der Waals surface area contributed by atoms with Crippen molar-refractivity contribution < 1.29 is 9.59 Å². The molecular weight excluding hydrogens is 328 g/mol. The number of nitrogens with one attached hydrogen (secondary N) is 1. The van der Waals surface area contributed by atoms with Gasteiger partial charge in [-0.05, 0) is 17.7 Å². The van der Waals surface area contributed by atoms with Gasteiger partial charge in [0, 0.05) is 45.3 Å². The molecule has 1 fully saturated rings. The molecule has 0 atom stereocenters. The molecule has 0 bridgehead atoms. The van der Waals surface area contributed by atoms with Crippen molar-refractivity contribution in [3.8, 4) is 0 Å². The van der Waals surface area contributed by atoms with Crippen LogP contribution in [0.1, 0.15) is 12.0 Å². The van der Waals surface area contributed by atoms with Crippen LogP contribution in [0.2, 0.25) is 0 Å². The molecule has 2 amide bonds. The van der Waals surface area contributed by atoms with Crippen LogP contribution in [0.15, 0.2) is 54.7 Å². The number of piperazine rings is 1. The number of pyridine rings is 1. The summed E-state index contributed by atoms with van der Waals surface area (Å²) in [6.45, 7) is 3.32. The first-order valence-corrected chi connectivity index (χ1v) is 8.97. The van der Waals surface area contributed by atoms with E-state index in [9.17, 15) is 9.59 Å². The highest BCUT2D eigenvalue weighted by Gasteiger charge is 2.21. The maximum absolute atomic E-state index is 12.3. The second-order valence-electron chi connectivity index (χ2n) is 6.32. The molecule has 1 saturated heterocycles. The molecule has 0 saturated carbocycles. The lowest BCUT2D eigenvalue weighted by atomic mass is 10.1. The number of anilines is 1. The number of hydrogen-bond donors (Lipinski definition) is 1. The fourth-order valence-electron chi connectivity index (χ4n) is 3.04. The normalized spacial score (nSPS) is 14.2. The predicted octanol–water partition coefficient (Wildman–Crippen LogP) is 1.48. The number of carbonyl (C=O) groups excluding carboxylic acids is 2. The van der Waals surface area contributed by atoms with Crippen LogP contribution in [0.4, 0.5) is 5.82 Å². The summed E-state index contributed by atoms with van der Waals surface area (Å²) in [5.74, 6) is 0.988. The first-order chi connectivity index (χ1) is 12.7. The molecule has 0 unspecified atom stereocenters. The summed E-state index contributed by atoms with van der Waals surface area (Å²) >= 11 is 0. The number of hydrogen-bond acceptors (Lipinski definition) is 4. The summed E-state index contributed by atoms with van der Waals surface area (Å²) in [4.78, 5) is 32.6. The van der Waals surface area contributed by atoms with Crippen LogP contribution in [-0.2, 0) is 16.0 Å². The highest BCUT2D eigenvalue weighted by atomic mass is 16.2. The lowest BCUT2D eigenvalue weighted by Crippen LogP contribution is -2.49. The molecule has 6 heteroatoms. The van der Waals surface area contributed by atoms with E-state index in [2.05, 4.69) is 15.2 Å². The fourth-order valence-corrected chi connectivity index (χ4v) is 3.04. The van der Waals surface area contributed by atoms with Crippen LogP contribution >= 0.6 is 0 Å². The smallest absolute Gasteiger partial charge is 0.224 e. The van der Waals surface area contributed by atoms with Crippen molar-refractivity contribution in [1.29, 1.82) is 0 Å². The number of amides is 2. The molecule has 0 aliphatic carbocycles. The van der Waals surface area contributed by atoms with Crippen LogP contribution in [-0.4, -0.2) is 54.4 Å². The van der Waals surface area contributed by atoms with Gasteiger partial charge in [-0.25, -0.2) is 4.98 Å². The molecule has 1 aliphatic heterocycles. The third kappa shape index (κ3) is 5.05. The minimum Gasteiger partial charge on any atom is -0.355 e. The number of aromatic nitrogens is 1. The summed E-state index contributed by atoms with van der Waals surface area (Å²) < 4.78 is 0. The van der Waals surface area contributed by atoms with Gasteiger partial charge in [0.1, 0.15) is 5.82 Å². The van der Waals surface area contributed by atoms with E-state index in [1.165, 1.54) is 0 Å². The quantitative estimate of drug-likeness (QED) is 0.855. The van der Waals surface area contributed by atoms with Gasteiger partial charge < -0.3 is 15.1 Å². The topological polar surface area (TPSA) is 65.5 Å². The number of rotatable bonds is 6. The van der Waals surface area contributed by atoms with Gasteiger partial charge in [0.05, 0.1) is 6.42 Å². The van der Waals surface area contributed by atoms with E-state index < -0.39 is 0 Å². The molecule has 2 heterocycles. The van der Waals surface area contributed by atoms with Gasteiger partial charge in [-0.1, -0.05) is 36.4 Å². The van der Waals surface area contributed by atoms with Crippen molar-refractivity contribution in [2.45, 2.75) is 12.8 Å². The van der Waals surface area contributed by atoms with E-state index in [0.29, 0.717) is 32.5 Å². The Kier molecular flexibility index (Phi) is 6.19. The molecule has 0 radical (unpaired) electrons. The zero-order valence-corrected chi connectivity index (χ0v) is 14.8. The van der Waals surface area contributed by atoms with E-state index in [-0.39, 0.29) is 11.8 Å². The van der Waals surface area contributed by atoms with Crippen molar-refractivity contribution in [1.82, 2.24) is 15.2 Å². The van der Waals surface area contributed by atoms with Crippen LogP contribution < -0.4 is 10.2 Å². The predicted molar refractivity (Wildman–Crippen MR) is 101 cm³/mol. The maximum atomic E-state index is 12.3. The Morgan fingerprint density at radius 1 is 0.962 bits per heavy atom. The van der Waals surface area contributed by atoms with Gasteiger partial charge in [0.25, 0.3) is 0 Å². The second-order valence-corrected chi connectivity index (χ2v) is 6.32. The van der Waals surface area contributed by atoms with Crippen molar-refractivity contribution >= 4 is 17.6 Å². The minimum absolute atomic E-state index is 0.0519. The fraction of sp³-hybridized carbons (Fsp3) is 0.350. The van der Waals surface area contributed by atoms with Gasteiger partial charge in [0.2, 0.25) is 11.8 Å². The van der Waals surface area contributed by atoms with Gasteiger partial charge in [-0.3, -0.25) is 9.59 Å². The van der Waals surface area contributed by atoms with E-state index in [0.717, 1.165) is 24.5 Å². The Bertz CT molecular complexity index is 713. The summed E-state index contributed by atoms with van der Waals surface area (Å²) in [5, 5.41) is 2.83. The van der Waals surface area contributed by atoms with E-state index in [1.807, 2.05) is 53.4 Å². The van der Waals surface area contributed by atoms with Crippen LogP contribution in [0.25, 0.3) is 0 Å². The number of benzene rings is 1. The molecular formula is C20H24N4O2. The molecule has 6 nitrogen and oxygen atoms in total. The van der Waals surface area contributed by atoms with Gasteiger partial charge in [-0.2, -0.15) is 0 Å². The third-order valence-corrected chi connectivity index (χ3v) is 4.47. The van der Waals surface area contributed by atoms with Crippen molar-refractivity contribution in [3.63, 3.8) is 0 Å². The number of nitrogens with zero attached hydrogens (tertiary/aromatic N) is 3. The second kappa shape index (κ2) is 8.99. The number of carbonyl (C=O) groups is 2. The summed E-state index contributed by atoms with van der Waals surface area (Å²) in [5.41, 5.74) is 0.974.